The van der Waals surface area contributed by atoms with Gasteiger partial charge < -0.3 is 0 Å². The molecule has 11 heavy (non-hydrogen) atoms. The van der Waals surface area contributed by atoms with E-state index >= 15 is 0 Å². The Kier molecular flexibility index (Phi) is 2.15. The Bertz CT molecular complexity index is 298. The van der Waals surface area contributed by atoms with E-state index in [0.29, 0.717) is 0 Å². The molecule has 0 aromatic rings. The Morgan fingerprint density at radius 3 is 2.55 bits per heavy atom. The molecule has 1 N–H and O–H groups in total. The van der Waals surface area contributed by atoms with E-state index in [-0.39, 0.29) is 10.8 Å². The molecule has 1 aliphatic carbocycles. The molecule has 0 spiro atoms. The van der Waals surface area contributed by atoms with Crippen molar-refractivity contribution in [2.24, 2.45) is 5.92 Å². The van der Waals surface area contributed by atoms with Gasteiger partial charge in [0.15, 0.2) is 0 Å². The molecule has 0 aromatic heterocycles. The van der Waals surface area contributed by atoms with Crippen molar-refractivity contribution in [1.29, 1.82) is 0 Å². The highest BCUT2D eigenvalue weighted by Crippen LogP contribution is 2.21. The molecule has 62 valence electrons. The largest absolute Gasteiger partial charge is 0.294 e. The van der Waals surface area contributed by atoms with E-state index in [2.05, 4.69) is 0 Å². The lowest BCUT2D eigenvalue weighted by Crippen LogP contribution is -1.97. The molecule has 0 saturated carbocycles. The average molecular weight is 174 g/mol. The minimum atomic E-state index is -3.97. The van der Waals surface area contributed by atoms with Crippen LogP contribution in [0.15, 0.2) is 23.1 Å². The quantitative estimate of drug-likeness (QED) is 0.643. The van der Waals surface area contributed by atoms with Gasteiger partial charge in [-0.3, -0.25) is 4.55 Å². The molecule has 0 amide bonds. The Hall–Kier alpha value is -0.610. The van der Waals surface area contributed by atoms with Gasteiger partial charge in [-0.05, 0) is 18.4 Å². The standard InChI is InChI=1S/C7H10O3S/c1-2-6-3-4-7(5-6)11(8,9)10/h3-6H,2H2,1H3,(H,8,9,10). The Balaban J connectivity index is 2.89. The summed E-state index contributed by atoms with van der Waals surface area (Å²) in [6.07, 6.45) is 5.61. The summed E-state index contributed by atoms with van der Waals surface area (Å²) >= 11 is 0. The predicted molar refractivity (Wildman–Crippen MR) is 42.6 cm³/mol. The van der Waals surface area contributed by atoms with Gasteiger partial charge in [-0.1, -0.05) is 19.1 Å². The molecule has 0 aliphatic heterocycles. The molecular weight excluding hydrogens is 164 g/mol. The maximum absolute atomic E-state index is 10.5. The van der Waals surface area contributed by atoms with Gasteiger partial charge in [0.2, 0.25) is 0 Å². The fraction of sp³-hybridized carbons (Fsp3) is 0.429. The van der Waals surface area contributed by atoms with E-state index in [1.54, 1.807) is 12.2 Å². The highest BCUT2D eigenvalue weighted by atomic mass is 32.2. The van der Waals surface area contributed by atoms with Crippen LogP contribution in [-0.2, 0) is 10.1 Å². The minimum absolute atomic E-state index is 0.0179. The first-order valence-electron chi connectivity index (χ1n) is 3.41. The number of hydrogen-bond donors (Lipinski definition) is 1. The summed E-state index contributed by atoms with van der Waals surface area (Å²) in [5, 5.41) is 0. The first-order chi connectivity index (χ1) is 5.04. The number of hydrogen-bond acceptors (Lipinski definition) is 2. The summed E-state index contributed by atoms with van der Waals surface area (Å²) in [6, 6.07) is 0. The lowest BCUT2D eigenvalue weighted by molar-refractivity contribution is 0.492. The third kappa shape index (κ3) is 1.91. The van der Waals surface area contributed by atoms with Gasteiger partial charge in [0.25, 0.3) is 10.1 Å². The second-order valence-corrected chi connectivity index (χ2v) is 3.90. The number of allylic oxidation sites excluding steroid dienone is 3. The molecule has 1 unspecified atom stereocenters. The Labute approximate surface area is 66.2 Å². The van der Waals surface area contributed by atoms with E-state index in [0.717, 1.165) is 6.42 Å². The highest BCUT2D eigenvalue weighted by Gasteiger charge is 2.16. The van der Waals surface area contributed by atoms with Crippen molar-refractivity contribution in [3.8, 4) is 0 Å². The molecular formula is C7H10O3S. The monoisotopic (exact) mass is 174 g/mol. The first kappa shape index (κ1) is 8.49. The van der Waals surface area contributed by atoms with Crippen LogP contribution in [0.2, 0.25) is 0 Å². The maximum Gasteiger partial charge on any atom is 0.294 e. The van der Waals surface area contributed by atoms with E-state index in [1.807, 2.05) is 6.92 Å². The van der Waals surface area contributed by atoms with Crippen molar-refractivity contribution in [3.63, 3.8) is 0 Å². The predicted octanol–water partition coefficient (Wildman–Crippen LogP) is 1.35. The van der Waals surface area contributed by atoms with E-state index < -0.39 is 10.1 Å². The van der Waals surface area contributed by atoms with Crippen LogP contribution >= 0.6 is 0 Å². The van der Waals surface area contributed by atoms with Gasteiger partial charge in [0.05, 0.1) is 4.91 Å². The molecule has 3 nitrogen and oxygen atoms in total. The Morgan fingerprint density at radius 1 is 1.64 bits per heavy atom. The zero-order valence-corrected chi connectivity index (χ0v) is 7.00. The fourth-order valence-electron chi connectivity index (χ4n) is 0.966. The average Bonchev–Trinajstić information content (AvgIpc) is 2.32. The maximum atomic E-state index is 10.5. The summed E-state index contributed by atoms with van der Waals surface area (Å²) in [4.78, 5) is 0.0179. The third-order valence-electron chi connectivity index (χ3n) is 1.66. The van der Waals surface area contributed by atoms with Crippen molar-refractivity contribution >= 4 is 10.1 Å². The van der Waals surface area contributed by atoms with Crippen LogP contribution in [0.25, 0.3) is 0 Å². The van der Waals surface area contributed by atoms with Crippen LogP contribution in [0.4, 0.5) is 0 Å². The first-order valence-corrected chi connectivity index (χ1v) is 4.85. The van der Waals surface area contributed by atoms with E-state index in [9.17, 15) is 8.42 Å². The van der Waals surface area contributed by atoms with Crippen molar-refractivity contribution in [2.45, 2.75) is 13.3 Å². The van der Waals surface area contributed by atoms with Crippen molar-refractivity contribution in [1.82, 2.24) is 0 Å². The van der Waals surface area contributed by atoms with Crippen molar-refractivity contribution in [2.75, 3.05) is 0 Å². The molecule has 4 heteroatoms. The Morgan fingerprint density at radius 2 is 2.27 bits per heavy atom. The molecule has 0 fully saturated rings. The lowest BCUT2D eigenvalue weighted by atomic mass is 10.1. The molecule has 0 aromatic carbocycles. The second kappa shape index (κ2) is 2.79. The second-order valence-electron chi connectivity index (χ2n) is 2.48. The smallest absolute Gasteiger partial charge is 0.282 e. The van der Waals surface area contributed by atoms with Crippen LogP contribution in [0.3, 0.4) is 0 Å². The number of rotatable bonds is 2. The topological polar surface area (TPSA) is 54.4 Å². The SMILES string of the molecule is CCC1C=CC(S(=O)(=O)O)=C1. The van der Waals surface area contributed by atoms with Gasteiger partial charge >= 0.3 is 0 Å². The van der Waals surface area contributed by atoms with Crippen molar-refractivity contribution in [3.05, 3.63) is 23.1 Å². The van der Waals surface area contributed by atoms with Gasteiger partial charge in [0.1, 0.15) is 0 Å². The van der Waals surface area contributed by atoms with Crippen LogP contribution < -0.4 is 0 Å². The normalized spacial score (nSPS) is 23.8. The van der Waals surface area contributed by atoms with Crippen LogP contribution in [0, 0.1) is 5.92 Å². The van der Waals surface area contributed by atoms with Crippen LogP contribution in [0.5, 0.6) is 0 Å². The van der Waals surface area contributed by atoms with E-state index in [4.69, 9.17) is 4.55 Å². The third-order valence-corrected chi connectivity index (χ3v) is 2.52. The molecule has 1 atom stereocenters. The highest BCUT2D eigenvalue weighted by molar-refractivity contribution is 7.90. The van der Waals surface area contributed by atoms with Crippen LogP contribution in [0.1, 0.15) is 13.3 Å². The van der Waals surface area contributed by atoms with Gasteiger partial charge in [-0.2, -0.15) is 8.42 Å². The molecule has 0 bridgehead atoms. The van der Waals surface area contributed by atoms with E-state index in [1.165, 1.54) is 6.08 Å². The fourth-order valence-corrected chi connectivity index (χ4v) is 1.56. The van der Waals surface area contributed by atoms with Crippen LogP contribution in [-0.4, -0.2) is 13.0 Å². The van der Waals surface area contributed by atoms with Gasteiger partial charge in [-0.15, -0.1) is 0 Å². The zero-order valence-electron chi connectivity index (χ0n) is 6.19. The molecule has 0 radical (unpaired) electrons. The summed E-state index contributed by atoms with van der Waals surface area (Å²) in [6.45, 7) is 1.96. The summed E-state index contributed by atoms with van der Waals surface area (Å²) in [7, 11) is -3.97. The molecule has 0 saturated heterocycles. The summed E-state index contributed by atoms with van der Waals surface area (Å²) in [5.41, 5.74) is 0. The molecule has 0 heterocycles. The zero-order chi connectivity index (χ0) is 8.48. The lowest BCUT2D eigenvalue weighted by Gasteiger charge is -1.95. The molecule has 1 rings (SSSR count). The summed E-state index contributed by atoms with van der Waals surface area (Å²) < 4.78 is 29.6. The summed E-state index contributed by atoms with van der Waals surface area (Å²) in [5.74, 6) is 0.159. The van der Waals surface area contributed by atoms with Gasteiger partial charge in [0, 0.05) is 0 Å². The van der Waals surface area contributed by atoms with Crippen molar-refractivity contribution < 1.29 is 13.0 Å². The minimum Gasteiger partial charge on any atom is -0.282 e. The van der Waals surface area contributed by atoms with Gasteiger partial charge in [-0.25, -0.2) is 0 Å². The molecule has 1 aliphatic rings.